The molecule has 0 spiro atoms. The molecule has 1 amide bonds. The van der Waals surface area contributed by atoms with Crippen molar-refractivity contribution in [1.29, 1.82) is 0 Å². The zero-order valence-corrected chi connectivity index (χ0v) is 13.7. The molecule has 5 nitrogen and oxygen atoms in total. The predicted molar refractivity (Wildman–Crippen MR) is 88.3 cm³/mol. The normalized spacial score (nSPS) is 11.6. The highest BCUT2D eigenvalue weighted by molar-refractivity contribution is 8.00. The second-order valence-corrected chi connectivity index (χ2v) is 6.81. The highest BCUT2D eigenvalue weighted by atomic mass is 32.2. The van der Waals surface area contributed by atoms with Gasteiger partial charge in [-0.1, -0.05) is 0 Å². The smallest absolute Gasteiger partial charge is 0.446 e. The lowest BCUT2D eigenvalue weighted by molar-refractivity contribution is -0.0328. The summed E-state index contributed by atoms with van der Waals surface area (Å²) >= 11 is 0.811. The van der Waals surface area contributed by atoms with E-state index in [4.69, 9.17) is 4.42 Å². The third-order valence-corrected chi connectivity index (χ3v) is 4.70. The molecule has 0 aliphatic rings. The first-order chi connectivity index (χ1) is 11.7. The maximum Gasteiger partial charge on any atom is 0.446 e. The Kier molecular flexibility index (Phi) is 4.48. The molecule has 25 heavy (non-hydrogen) atoms. The standard InChI is InChI=1S/C15H8F3NO4S2/c16-15(17,18)25-8-3-1-7(2-4-8)19-13(21)10-11(20)12-9(5-6-24-12)23-14(10)22/h1-6,20H,(H,19,21). The molecule has 0 aliphatic heterocycles. The van der Waals surface area contributed by atoms with Crippen molar-refractivity contribution in [1.82, 2.24) is 0 Å². The molecule has 2 N–H and O–H groups in total. The number of aromatic hydroxyl groups is 1. The van der Waals surface area contributed by atoms with Gasteiger partial charge in [0.2, 0.25) is 0 Å². The molecule has 0 bridgehead atoms. The highest BCUT2D eigenvalue weighted by Crippen LogP contribution is 2.37. The second kappa shape index (κ2) is 6.45. The van der Waals surface area contributed by atoms with Gasteiger partial charge in [-0.3, -0.25) is 4.79 Å². The molecular weight excluding hydrogens is 379 g/mol. The van der Waals surface area contributed by atoms with E-state index in [1.165, 1.54) is 30.3 Å². The van der Waals surface area contributed by atoms with Crippen LogP contribution >= 0.6 is 23.1 Å². The van der Waals surface area contributed by atoms with Gasteiger partial charge in [0.25, 0.3) is 5.91 Å². The van der Waals surface area contributed by atoms with Gasteiger partial charge in [-0.25, -0.2) is 4.79 Å². The monoisotopic (exact) mass is 387 g/mol. The topological polar surface area (TPSA) is 79.5 Å². The van der Waals surface area contributed by atoms with Gasteiger partial charge >= 0.3 is 11.1 Å². The van der Waals surface area contributed by atoms with Crippen molar-refractivity contribution in [2.45, 2.75) is 10.4 Å². The van der Waals surface area contributed by atoms with Crippen LogP contribution in [0.25, 0.3) is 10.3 Å². The maximum atomic E-state index is 12.3. The van der Waals surface area contributed by atoms with E-state index in [0.717, 1.165) is 11.3 Å². The first-order valence-electron chi connectivity index (χ1n) is 6.65. The fourth-order valence-corrected chi connectivity index (χ4v) is 3.35. The van der Waals surface area contributed by atoms with Gasteiger partial charge in [-0.15, -0.1) is 11.3 Å². The average Bonchev–Trinajstić information content (AvgIpc) is 2.96. The SMILES string of the molecule is O=C(Nc1ccc(SC(F)(F)F)cc1)c1c(O)c2sccc2oc1=O. The van der Waals surface area contributed by atoms with Gasteiger partial charge in [0.05, 0.1) is 0 Å². The van der Waals surface area contributed by atoms with Crippen LogP contribution in [-0.4, -0.2) is 16.5 Å². The van der Waals surface area contributed by atoms with Gasteiger partial charge in [0.15, 0.2) is 16.9 Å². The fourth-order valence-electron chi connectivity index (χ4n) is 2.05. The van der Waals surface area contributed by atoms with Crippen LogP contribution in [0.4, 0.5) is 18.9 Å². The highest BCUT2D eigenvalue weighted by Gasteiger charge is 2.29. The van der Waals surface area contributed by atoms with Crippen molar-refractivity contribution in [2.75, 3.05) is 5.32 Å². The molecule has 10 heteroatoms. The minimum atomic E-state index is -4.41. The number of carbonyl (C=O) groups excluding carboxylic acids is 1. The first-order valence-corrected chi connectivity index (χ1v) is 8.34. The van der Waals surface area contributed by atoms with Crippen LogP contribution in [0.1, 0.15) is 10.4 Å². The molecular formula is C15H8F3NO4S2. The van der Waals surface area contributed by atoms with Crippen molar-refractivity contribution in [3.63, 3.8) is 0 Å². The summed E-state index contributed by atoms with van der Waals surface area (Å²) in [7, 11) is 0. The lowest BCUT2D eigenvalue weighted by atomic mass is 10.2. The van der Waals surface area contributed by atoms with E-state index in [2.05, 4.69) is 5.32 Å². The van der Waals surface area contributed by atoms with Gasteiger partial charge in [-0.2, -0.15) is 13.2 Å². The van der Waals surface area contributed by atoms with E-state index >= 15 is 0 Å². The van der Waals surface area contributed by atoms with Crippen LogP contribution in [-0.2, 0) is 0 Å². The summed E-state index contributed by atoms with van der Waals surface area (Å²) < 4.78 is 42.1. The molecule has 3 aromatic rings. The third kappa shape index (κ3) is 3.80. The van der Waals surface area contributed by atoms with Crippen molar-refractivity contribution in [3.05, 3.63) is 51.7 Å². The van der Waals surface area contributed by atoms with Crippen molar-refractivity contribution in [3.8, 4) is 5.75 Å². The summed E-state index contributed by atoms with van der Waals surface area (Å²) in [6.07, 6.45) is 0. The molecule has 0 radical (unpaired) electrons. The number of thiophene rings is 1. The quantitative estimate of drug-likeness (QED) is 0.650. The number of amides is 1. The summed E-state index contributed by atoms with van der Waals surface area (Å²) in [5, 5.41) is 14.0. The molecule has 0 aliphatic carbocycles. The van der Waals surface area contributed by atoms with Gasteiger partial charge in [0.1, 0.15) is 4.70 Å². The summed E-state index contributed by atoms with van der Waals surface area (Å²) in [5.74, 6) is -1.42. The molecule has 2 heterocycles. The minimum Gasteiger partial charge on any atom is -0.505 e. The van der Waals surface area contributed by atoms with Gasteiger partial charge in [-0.05, 0) is 47.5 Å². The molecule has 0 saturated carbocycles. The van der Waals surface area contributed by atoms with Crippen LogP contribution in [0.5, 0.6) is 5.75 Å². The molecule has 0 fully saturated rings. The number of rotatable bonds is 3. The van der Waals surface area contributed by atoms with Crippen LogP contribution < -0.4 is 10.9 Å². The first kappa shape index (κ1) is 17.4. The number of nitrogens with one attached hydrogen (secondary N) is 1. The van der Waals surface area contributed by atoms with Crippen LogP contribution in [0.15, 0.2) is 49.8 Å². The minimum absolute atomic E-state index is 0.0483. The molecule has 0 atom stereocenters. The van der Waals surface area contributed by atoms with Gasteiger partial charge < -0.3 is 14.8 Å². The summed E-state index contributed by atoms with van der Waals surface area (Å²) in [6, 6.07) is 6.36. The predicted octanol–water partition coefficient (Wildman–Crippen LogP) is 4.42. The number of hydrogen-bond donors (Lipinski definition) is 2. The Morgan fingerprint density at radius 1 is 1.20 bits per heavy atom. The van der Waals surface area contributed by atoms with E-state index in [0.29, 0.717) is 0 Å². The lowest BCUT2D eigenvalue weighted by Crippen LogP contribution is -2.20. The zero-order chi connectivity index (χ0) is 18.2. The molecule has 130 valence electrons. The van der Waals surface area contributed by atoms with E-state index in [1.807, 2.05) is 0 Å². The number of benzene rings is 1. The maximum absolute atomic E-state index is 12.3. The van der Waals surface area contributed by atoms with Crippen molar-refractivity contribution >= 4 is 45.0 Å². The van der Waals surface area contributed by atoms with Crippen molar-refractivity contribution < 1.29 is 27.5 Å². The average molecular weight is 387 g/mol. The molecule has 0 unspecified atom stereocenters. The van der Waals surface area contributed by atoms with E-state index in [1.54, 1.807) is 5.38 Å². The second-order valence-electron chi connectivity index (χ2n) is 4.75. The molecule has 2 aromatic heterocycles. The molecule has 1 aromatic carbocycles. The van der Waals surface area contributed by atoms with Crippen LogP contribution in [0.2, 0.25) is 0 Å². The zero-order valence-electron chi connectivity index (χ0n) is 12.1. The number of carbonyl (C=O) groups is 1. The Morgan fingerprint density at radius 3 is 2.52 bits per heavy atom. The number of hydrogen-bond acceptors (Lipinski definition) is 6. The Morgan fingerprint density at radius 2 is 1.88 bits per heavy atom. The largest absolute Gasteiger partial charge is 0.505 e. The van der Waals surface area contributed by atoms with E-state index in [9.17, 15) is 27.9 Å². The van der Waals surface area contributed by atoms with Crippen molar-refractivity contribution in [2.24, 2.45) is 0 Å². The van der Waals surface area contributed by atoms with Crippen LogP contribution in [0, 0.1) is 0 Å². The number of anilines is 1. The summed E-state index contributed by atoms with van der Waals surface area (Å²) in [4.78, 5) is 24.1. The Labute approximate surface area is 146 Å². The van der Waals surface area contributed by atoms with Crippen LogP contribution in [0.3, 0.4) is 0 Å². The van der Waals surface area contributed by atoms with E-state index in [-0.39, 0.29) is 32.6 Å². The number of fused-ring (bicyclic) bond motifs is 1. The summed E-state index contributed by atoms with van der Waals surface area (Å²) in [6.45, 7) is 0. The Balaban J connectivity index is 1.84. The van der Waals surface area contributed by atoms with Gasteiger partial charge in [0, 0.05) is 10.6 Å². The molecule has 3 rings (SSSR count). The Hall–Kier alpha value is -2.46. The number of alkyl halides is 3. The lowest BCUT2D eigenvalue weighted by Gasteiger charge is -2.08. The number of halogens is 3. The molecule has 0 saturated heterocycles. The third-order valence-electron chi connectivity index (χ3n) is 3.06. The van der Waals surface area contributed by atoms with E-state index < -0.39 is 28.4 Å². The Bertz CT molecular complexity index is 993. The summed E-state index contributed by atoms with van der Waals surface area (Å²) in [5.41, 5.74) is -5.65. The fraction of sp³-hybridized carbons (Fsp3) is 0.0667. The number of thioether (sulfide) groups is 1.